The van der Waals surface area contributed by atoms with Crippen molar-refractivity contribution in [3.8, 4) is 0 Å². The van der Waals surface area contributed by atoms with Crippen molar-refractivity contribution in [2.24, 2.45) is 0 Å². The number of rotatable bonds is 4. The molecule has 0 fully saturated rings. The molecule has 1 aliphatic rings. The zero-order chi connectivity index (χ0) is 21.4. The number of hydrogen-bond donors (Lipinski definition) is 1. The van der Waals surface area contributed by atoms with Crippen molar-refractivity contribution in [3.63, 3.8) is 0 Å². The lowest BCUT2D eigenvalue weighted by Crippen LogP contribution is -2.30. The number of H-pyrrole nitrogens is 1. The van der Waals surface area contributed by atoms with E-state index in [0.717, 1.165) is 35.3 Å². The molecule has 1 N–H and O–H groups in total. The summed E-state index contributed by atoms with van der Waals surface area (Å²) in [7, 11) is 3.38. The average molecular weight is 407 g/mol. The third-order valence-electron chi connectivity index (χ3n) is 5.61. The second-order valence-corrected chi connectivity index (χ2v) is 8.28. The lowest BCUT2D eigenvalue weighted by molar-refractivity contribution is 0.0823. The van der Waals surface area contributed by atoms with Gasteiger partial charge in [0.15, 0.2) is 5.82 Å². The van der Waals surface area contributed by atoms with Crippen LogP contribution in [0.3, 0.4) is 0 Å². The van der Waals surface area contributed by atoms with E-state index in [1.54, 1.807) is 26.4 Å². The summed E-state index contributed by atoms with van der Waals surface area (Å²) in [5.41, 5.74) is 3.38. The molecule has 0 saturated carbocycles. The summed E-state index contributed by atoms with van der Waals surface area (Å²) in [6.45, 7) is 5.63. The molecule has 1 amide bonds. The maximum absolute atomic E-state index is 15.7. The van der Waals surface area contributed by atoms with Gasteiger partial charge < -0.3 is 14.8 Å². The summed E-state index contributed by atoms with van der Waals surface area (Å²) in [5, 5.41) is 0.773. The topological polar surface area (TPSA) is 52.2 Å². The van der Waals surface area contributed by atoms with Gasteiger partial charge in [0, 0.05) is 44.3 Å². The van der Waals surface area contributed by atoms with Crippen LogP contribution in [0.4, 0.5) is 10.2 Å². The van der Waals surface area contributed by atoms with E-state index in [0.29, 0.717) is 23.3 Å². The van der Waals surface area contributed by atoms with E-state index in [1.807, 2.05) is 24.3 Å². The van der Waals surface area contributed by atoms with Crippen LogP contribution in [0.2, 0.25) is 0 Å². The number of nitrogens with one attached hydrogen (secondary N) is 1. The first-order valence-corrected chi connectivity index (χ1v) is 10.3. The molecule has 156 valence electrons. The molecule has 5 nitrogen and oxygen atoms in total. The highest BCUT2D eigenvalue weighted by Crippen LogP contribution is 2.35. The predicted molar refractivity (Wildman–Crippen MR) is 119 cm³/mol. The van der Waals surface area contributed by atoms with Gasteiger partial charge in [-0.1, -0.05) is 26.0 Å². The van der Waals surface area contributed by atoms with Crippen molar-refractivity contribution in [3.05, 3.63) is 65.2 Å². The minimum absolute atomic E-state index is 0.167. The van der Waals surface area contributed by atoms with E-state index >= 15 is 4.39 Å². The largest absolute Gasteiger partial charge is 0.352 e. The maximum Gasteiger partial charge on any atom is 0.269 e. The van der Waals surface area contributed by atoms with Crippen molar-refractivity contribution < 1.29 is 9.18 Å². The summed E-state index contributed by atoms with van der Waals surface area (Å²) < 4.78 is 15.7. The number of benzene rings is 1. The van der Waals surface area contributed by atoms with Gasteiger partial charge in [-0.2, -0.15) is 0 Å². The van der Waals surface area contributed by atoms with E-state index in [9.17, 15) is 4.79 Å². The van der Waals surface area contributed by atoms with Gasteiger partial charge in [-0.3, -0.25) is 4.79 Å². The van der Waals surface area contributed by atoms with E-state index in [4.69, 9.17) is 0 Å². The Hall–Kier alpha value is -3.15. The van der Waals surface area contributed by atoms with Gasteiger partial charge in [0.1, 0.15) is 11.5 Å². The highest BCUT2D eigenvalue weighted by Gasteiger charge is 2.23. The summed E-state index contributed by atoms with van der Waals surface area (Å²) >= 11 is 0. The number of amides is 1. The third-order valence-corrected chi connectivity index (χ3v) is 5.61. The predicted octanol–water partition coefficient (Wildman–Crippen LogP) is 4.82. The average Bonchev–Trinajstić information content (AvgIpc) is 3.19. The van der Waals surface area contributed by atoms with Crippen LogP contribution in [0.15, 0.2) is 42.6 Å². The molecule has 0 aliphatic carbocycles. The molecule has 1 aliphatic heterocycles. The Bertz CT molecular complexity index is 1120. The fourth-order valence-corrected chi connectivity index (χ4v) is 4.03. The smallest absolute Gasteiger partial charge is 0.269 e. The molecule has 0 atom stereocenters. The summed E-state index contributed by atoms with van der Waals surface area (Å²) in [4.78, 5) is 23.6. The molecular formula is C24H27FN4O. The van der Waals surface area contributed by atoms with Crippen molar-refractivity contribution in [2.45, 2.75) is 26.2 Å². The molecule has 0 radical (unpaired) electrons. The molecule has 0 saturated heterocycles. The molecule has 3 heterocycles. The Labute approximate surface area is 176 Å². The van der Waals surface area contributed by atoms with E-state index in [1.165, 1.54) is 4.90 Å². The van der Waals surface area contributed by atoms with Crippen LogP contribution < -0.4 is 4.90 Å². The van der Waals surface area contributed by atoms with Gasteiger partial charge in [-0.15, -0.1) is 0 Å². The van der Waals surface area contributed by atoms with Crippen molar-refractivity contribution in [2.75, 3.05) is 32.1 Å². The molecule has 0 bridgehead atoms. The summed E-state index contributed by atoms with van der Waals surface area (Å²) in [6.07, 6.45) is 4.72. The molecule has 4 rings (SSSR count). The van der Waals surface area contributed by atoms with Crippen LogP contribution in [0.25, 0.3) is 16.5 Å². The van der Waals surface area contributed by atoms with Gasteiger partial charge >= 0.3 is 0 Å². The number of pyridine rings is 1. The maximum atomic E-state index is 15.7. The van der Waals surface area contributed by atoms with Crippen LogP contribution in [0.1, 0.15) is 47.8 Å². The Balaban J connectivity index is 1.80. The van der Waals surface area contributed by atoms with Crippen molar-refractivity contribution >= 4 is 28.2 Å². The van der Waals surface area contributed by atoms with Crippen LogP contribution in [0.5, 0.6) is 0 Å². The minimum atomic E-state index is -0.304. The van der Waals surface area contributed by atoms with E-state index in [-0.39, 0.29) is 17.6 Å². The highest BCUT2D eigenvalue weighted by molar-refractivity contribution is 6.00. The zero-order valence-corrected chi connectivity index (χ0v) is 17.9. The van der Waals surface area contributed by atoms with Crippen LogP contribution in [-0.4, -0.2) is 48.0 Å². The number of carbonyl (C=O) groups excluding carboxylic acids is 1. The number of fused-ring (bicyclic) bond motifs is 1. The fraction of sp³-hybridized carbons (Fsp3) is 0.333. The summed E-state index contributed by atoms with van der Waals surface area (Å²) in [5.74, 6) is 0.620. The number of aromatic nitrogens is 2. The Morgan fingerprint density at radius 1 is 1.27 bits per heavy atom. The lowest BCUT2D eigenvalue weighted by Gasteiger charge is -2.29. The molecule has 6 heteroatoms. The lowest BCUT2D eigenvalue weighted by atomic mass is 9.92. The second kappa shape index (κ2) is 7.94. The minimum Gasteiger partial charge on any atom is -0.352 e. The number of anilines is 1. The van der Waals surface area contributed by atoms with Gasteiger partial charge in [0.25, 0.3) is 5.91 Å². The normalized spacial score (nSPS) is 14.3. The molecule has 2 aromatic heterocycles. The van der Waals surface area contributed by atoms with Gasteiger partial charge in [-0.25, -0.2) is 9.37 Å². The Morgan fingerprint density at radius 2 is 2.07 bits per heavy atom. The van der Waals surface area contributed by atoms with Crippen molar-refractivity contribution in [1.82, 2.24) is 14.9 Å². The molecule has 30 heavy (non-hydrogen) atoms. The molecular weight excluding hydrogens is 379 g/mol. The van der Waals surface area contributed by atoms with Gasteiger partial charge in [-0.05, 0) is 47.7 Å². The van der Waals surface area contributed by atoms with Crippen LogP contribution in [-0.2, 0) is 0 Å². The number of hydrogen-bond acceptors (Lipinski definition) is 3. The number of halogens is 1. The number of aromatic amines is 1. The molecule has 1 aromatic carbocycles. The SMILES string of the molecule is CC(C)c1cc(C2=CCCN(c3ccccn3)C2)c(F)c2[nH]c(C(=O)N(C)C)cc12. The first-order valence-electron chi connectivity index (χ1n) is 10.3. The third kappa shape index (κ3) is 3.58. The quantitative estimate of drug-likeness (QED) is 0.676. The van der Waals surface area contributed by atoms with Gasteiger partial charge in [0.2, 0.25) is 0 Å². The van der Waals surface area contributed by atoms with Crippen LogP contribution in [0, 0.1) is 5.82 Å². The molecule has 0 unspecified atom stereocenters. The Morgan fingerprint density at radius 3 is 2.73 bits per heavy atom. The first kappa shape index (κ1) is 20.1. The first-order chi connectivity index (χ1) is 14.4. The molecule has 0 spiro atoms. The summed E-state index contributed by atoms with van der Waals surface area (Å²) in [6, 6.07) is 9.56. The zero-order valence-electron chi connectivity index (χ0n) is 17.9. The monoisotopic (exact) mass is 406 g/mol. The number of nitrogens with zero attached hydrogens (tertiary/aromatic N) is 3. The molecule has 3 aromatic rings. The van der Waals surface area contributed by atoms with E-state index < -0.39 is 0 Å². The number of carbonyl (C=O) groups is 1. The van der Waals surface area contributed by atoms with Gasteiger partial charge in [0.05, 0.1) is 5.52 Å². The fourth-order valence-electron chi connectivity index (χ4n) is 4.03. The Kier molecular flexibility index (Phi) is 5.33. The van der Waals surface area contributed by atoms with E-state index in [2.05, 4.69) is 34.8 Å². The standard InChI is InChI=1S/C24H27FN4O/c1-15(2)17-12-18(16-8-7-11-29(14-16)21-9-5-6-10-26-21)22(25)23-19(17)13-20(27-23)24(30)28(3)4/h5-6,8-10,12-13,15,27H,7,11,14H2,1-4H3. The second-order valence-electron chi connectivity index (χ2n) is 8.28. The highest BCUT2D eigenvalue weighted by atomic mass is 19.1. The van der Waals surface area contributed by atoms with Crippen LogP contribution >= 0.6 is 0 Å². The van der Waals surface area contributed by atoms with Crippen molar-refractivity contribution in [1.29, 1.82) is 0 Å².